The molecule has 0 aromatic heterocycles. The van der Waals surface area contributed by atoms with E-state index in [2.05, 4.69) is 5.32 Å². The Labute approximate surface area is 111 Å². The first kappa shape index (κ1) is 13.3. The van der Waals surface area contributed by atoms with Gasteiger partial charge in [-0.05, 0) is 31.0 Å². The minimum atomic E-state index is -1.00. The second-order valence-corrected chi connectivity index (χ2v) is 4.86. The Morgan fingerprint density at radius 1 is 1.50 bits per heavy atom. The van der Waals surface area contributed by atoms with Crippen molar-refractivity contribution in [2.24, 2.45) is 0 Å². The van der Waals surface area contributed by atoms with E-state index in [1.54, 1.807) is 12.1 Å². The quantitative estimate of drug-likeness (QED) is 0.878. The average Bonchev–Trinajstić information content (AvgIpc) is 2.78. The van der Waals surface area contributed by atoms with E-state index < -0.39 is 6.10 Å². The molecule has 1 aliphatic rings. The van der Waals surface area contributed by atoms with E-state index in [9.17, 15) is 9.90 Å². The highest BCUT2D eigenvalue weighted by atomic mass is 35.5. The lowest BCUT2D eigenvalue weighted by Crippen LogP contribution is -2.41. The summed E-state index contributed by atoms with van der Waals surface area (Å²) in [4.78, 5) is 11.5. The van der Waals surface area contributed by atoms with Gasteiger partial charge in [0, 0.05) is 11.6 Å². The first-order chi connectivity index (χ1) is 8.58. The second-order valence-electron chi connectivity index (χ2n) is 4.42. The summed E-state index contributed by atoms with van der Waals surface area (Å²) in [6, 6.07) is 7.27. The normalized spacial score (nSPS) is 24.8. The molecule has 0 spiro atoms. The molecule has 0 saturated carbocycles. The van der Waals surface area contributed by atoms with E-state index in [0.29, 0.717) is 11.6 Å². The maximum atomic E-state index is 11.5. The van der Waals surface area contributed by atoms with Gasteiger partial charge in [-0.25, -0.2) is 0 Å². The molecule has 1 saturated heterocycles. The number of hydrogen-bond acceptors (Lipinski definition) is 3. The fourth-order valence-electron chi connectivity index (χ4n) is 2.02. The van der Waals surface area contributed by atoms with Gasteiger partial charge in [-0.15, -0.1) is 0 Å². The summed E-state index contributed by atoms with van der Waals surface area (Å²) >= 11 is 5.84. The third kappa shape index (κ3) is 3.02. The van der Waals surface area contributed by atoms with Crippen LogP contribution in [0.3, 0.4) is 0 Å². The second kappa shape index (κ2) is 5.69. The SMILES string of the molecule is CC(O)C(=O)NC1CCOC1c1ccc(Cl)cc1. The van der Waals surface area contributed by atoms with Crippen molar-refractivity contribution in [3.8, 4) is 0 Å². The zero-order chi connectivity index (χ0) is 13.1. The summed E-state index contributed by atoms with van der Waals surface area (Å²) in [6.07, 6.45) is -0.437. The molecule has 3 unspecified atom stereocenters. The summed E-state index contributed by atoms with van der Waals surface area (Å²) in [6.45, 7) is 2.04. The summed E-state index contributed by atoms with van der Waals surface area (Å²) < 4.78 is 5.63. The van der Waals surface area contributed by atoms with Crippen LogP contribution in [0.5, 0.6) is 0 Å². The van der Waals surface area contributed by atoms with E-state index in [1.165, 1.54) is 6.92 Å². The summed E-state index contributed by atoms with van der Waals surface area (Å²) in [5.41, 5.74) is 0.979. The zero-order valence-electron chi connectivity index (χ0n) is 10.1. The number of hydrogen-bond donors (Lipinski definition) is 2. The Hall–Kier alpha value is -1.10. The van der Waals surface area contributed by atoms with Gasteiger partial charge < -0.3 is 15.2 Å². The molecular weight excluding hydrogens is 254 g/mol. The zero-order valence-corrected chi connectivity index (χ0v) is 10.9. The van der Waals surface area contributed by atoms with E-state index in [0.717, 1.165) is 12.0 Å². The number of benzene rings is 1. The topological polar surface area (TPSA) is 58.6 Å². The number of halogens is 1. The highest BCUT2D eigenvalue weighted by Gasteiger charge is 2.31. The molecule has 1 fully saturated rings. The van der Waals surface area contributed by atoms with Crippen molar-refractivity contribution in [2.75, 3.05) is 6.61 Å². The first-order valence-electron chi connectivity index (χ1n) is 5.93. The number of aliphatic hydroxyl groups is 1. The van der Waals surface area contributed by atoms with Gasteiger partial charge in [0.25, 0.3) is 0 Å². The van der Waals surface area contributed by atoms with Crippen molar-refractivity contribution in [3.63, 3.8) is 0 Å². The van der Waals surface area contributed by atoms with Crippen LogP contribution >= 0.6 is 11.6 Å². The van der Waals surface area contributed by atoms with Gasteiger partial charge in [0.1, 0.15) is 12.2 Å². The van der Waals surface area contributed by atoms with Gasteiger partial charge in [-0.3, -0.25) is 4.79 Å². The fraction of sp³-hybridized carbons (Fsp3) is 0.462. The molecule has 18 heavy (non-hydrogen) atoms. The summed E-state index contributed by atoms with van der Waals surface area (Å²) in [5, 5.41) is 12.7. The van der Waals surface area contributed by atoms with Crippen LogP contribution in [-0.4, -0.2) is 29.8 Å². The minimum Gasteiger partial charge on any atom is -0.384 e. The van der Waals surface area contributed by atoms with Crippen LogP contribution in [0.2, 0.25) is 5.02 Å². The largest absolute Gasteiger partial charge is 0.384 e. The van der Waals surface area contributed by atoms with Crippen molar-refractivity contribution < 1.29 is 14.6 Å². The predicted octanol–water partition coefficient (Wildman–Crippen LogP) is 1.67. The molecular formula is C13H16ClNO3. The number of carbonyl (C=O) groups excluding carboxylic acids is 1. The van der Waals surface area contributed by atoms with E-state index in [4.69, 9.17) is 16.3 Å². The number of nitrogens with one attached hydrogen (secondary N) is 1. The Balaban J connectivity index is 2.07. The van der Waals surface area contributed by atoms with Crippen molar-refractivity contribution >= 4 is 17.5 Å². The molecule has 1 amide bonds. The lowest BCUT2D eigenvalue weighted by molar-refractivity contribution is -0.129. The number of ether oxygens (including phenoxy) is 1. The number of amides is 1. The Kier molecular flexibility index (Phi) is 4.22. The van der Waals surface area contributed by atoms with E-state index in [1.807, 2.05) is 12.1 Å². The van der Waals surface area contributed by atoms with Crippen molar-refractivity contribution in [1.82, 2.24) is 5.32 Å². The Morgan fingerprint density at radius 2 is 2.17 bits per heavy atom. The standard InChI is InChI=1S/C13H16ClNO3/c1-8(16)13(17)15-11-6-7-18-12(11)9-2-4-10(14)5-3-9/h2-5,8,11-12,16H,6-7H2,1H3,(H,15,17). The lowest BCUT2D eigenvalue weighted by atomic mass is 10.0. The molecule has 1 aromatic carbocycles. The van der Waals surface area contributed by atoms with Gasteiger partial charge in [0.15, 0.2) is 0 Å². The molecule has 2 rings (SSSR count). The highest BCUT2D eigenvalue weighted by Crippen LogP contribution is 2.29. The van der Waals surface area contributed by atoms with Gasteiger partial charge in [-0.1, -0.05) is 23.7 Å². The lowest BCUT2D eigenvalue weighted by Gasteiger charge is -2.21. The van der Waals surface area contributed by atoms with Crippen molar-refractivity contribution in [2.45, 2.75) is 31.6 Å². The molecule has 98 valence electrons. The fourth-order valence-corrected chi connectivity index (χ4v) is 2.15. The van der Waals surface area contributed by atoms with E-state index in [-0.39, 0.29) is 18.1 Å². The Morgan fingerprint density at radius 3 is 2.78 bits per heavy atom. The van der Waals surface area contributed by atoms with Crippen LogP contribution < -0.4 is 5.32 Å². The van der Waals surface area contributed by atoms with Gasteiger partial charge >= 0.3 is 0 Å². The Bertz CT molecular complexity index is 419. The molecule has 0 bridgehead atoms. The van der Waals surface area contributed by atoms with Gasteiger partial charge in [0.05, 0.1) is 6.04 Å². The van der Waals surface area contributed by atoms with Gasteiger partial charge in [0.2, 0.25) is 5.91 Å². The molecule has 0 aliphatic carbocycles. The van der Waals surface area contributed by atoms with Crippen LogP contribution in [-0.2, 0) is 9.53 Å². The van der Waals surface area contributed by atoms with Crippen LogP contribution in [0.4, 0.5) is 0 Å². The molecule has 1 aromatic rings. The molecule has 3 atom stereocenters. The average molecular weight is 270 g/mol. The number of carbonyl (C=O) groups is 1. The minimum absolute atomic E-state index is 0.103. The number of aliphatic hydroxyl groups excluding tert-OH is 1. The number of rotatable bonds is 3. The van der Waals surface area contributed by atoms with E-state index >= 15 is 0 Å². The third-order valence-corrected chi connectivity index (χ3v) is 3.25. The van der Waals surface area contributed by atoms with Crippen LogP contribution in [0, 0.1) is 0 Å². The maximum Gasteiger partial charge on any atom is 0.248 e. The van der Waals surface area contributed by atoms with Gasteiger partial charge in [-0.2, -0.15) is 0 Å². The van der Waals surface area contributed by atoms with Crippen LogP contribution in [0.25, 0.3) is 0 Å². The third-order valence-electron chi connectivity index (χ3n) is 3.00. The predicted molar refractivity (Wildman–Crippen MR) is 68.4 cm³/mol. The molecule has 2 N–H and O–H groups in total. The molecule has 1 heterocycles. The summed E-state index contributed by atoms with van der Waals surface area (Å²) in [7, 11) is 0. The summed E-state index contributed by atoms with van der Waals surface area (Å²) in [5.74, 6) is -0.371. The first-order valence-corrected chi connectivity index (χ1v) is 6.31. The molecule has 0 radical (unpaired) electrons. The smallest absolute Gasteiger partial charge is 0.248 e. The van der Waals surface area contributed by atoms with Crippen LogP contribution in [0.15, 0.2) is 24.3 Å². The molecule has 5 heteroatoms. The highest BCUT2D eigenvalue weighted by molar-refractivity contribution is 6.30. The molecule has 1 aliphatic heterocycles. The van der Waals surface area contributed by atoms with Crippen LogP contribution in [0.1, 0.15) is 25.0 Å². The maximum absolute atomic E-state index is 11.5. The van der Waals surface area contributed by atoms with Crippen molar-refractivity contribution in [1.29, 1.82) is 0 Å². The molecule has 4 nitrogen and oxygen atoms in total. The monoisotopic (exact) mass is 269 g/mol. The van der Waals surface area contributed by atoms with Crippen molar-refractivity contribution in [3.05, 3.63) is 34.9 Å².